The van der Waals surface area contributed by atoms with Crippen LogP contribution in [0.3, 0.4) is 0 Å². The number of Topliss-reactive ketones (excluding diaryl/α,β-unsaturated/α-hetero) is 1. The molecule has 0 spiro atoms. The minimum absolute atomic E-state index is 0.0162. The fraction of sp³-hybridized carbons (Fsp3) is 0.481. The number of carbonyl (C=O) groups is 2. The van der Waals surface area contributed by atoms with Gasteiger partial charge in [0, 0.05) is 35.5 Å². The largest absolute Gasteiger partial charge is 0.486 e. The summed E-state index contributed by atoms with van der Waals surface area (Å²) in [6.07, 6.45) is 1.70. The molecule has 2 atom stereocenters. The van der Waals surface area contributed by atoms with Gasteiger partial charge in [-0.2, -0.15) is 0 Å². The summed E-state index contributed by atoms with van der Waals surface area (Å²) in [5.74, 6) is -0.163. The Balaban J connectivity index is 1.17. The van der Waals surface area contributed by atoms with Gasteiger partial charge in [-0.1, -0.05) is 23.2 Å². The summed E-state index contributed by atoms with van der Waals surface area (Å²) in [5, 5.41) is 14.8. The molecule has 37 heavy (non-hydrogen) atoms. The average molecular weight is 551 g/mol. The van der Waals surface area contributed by atoms with Crippen LogP contribution in [0, 0.1) is 11.2 Å². The third-order valence-corrected chi connectivity index (χ3v) is 8.60. The molecule has 1 heterocycles. The minimum atomic E-state index is -0.731. The van der Waals surface area contributed by atoms with Gasteiger partial charge >= 0.3 is 0 Å². The molecule has 0 radical (unpaired) electrons. The van der Waals surface area contributed by atoms with E-state index >= 15 is 0 Å². The van der Waals surface area contributed by atoms with Gasteiger partial charge < -0.3 is 24.8 Å². The first kappa shape index (κ1) is 26.1. The zero-order valence-corrected chi connectivity index (χ0v) is 21.9. The Morgan fingerprint density at radius 1 is 1.19 bits per heavy atom. The molecule has 0 aromatic heterocycles. The van der Waals surface area contributed by atoms with Crippen molar-refractivity contribution in [3.8, 4) is 11.5 Å². The van der Waals surface area contributed by atoms with E-state index in [1.807, 2.05) is 18.0 Å². The molecule has 2 aromatic carbocycles. The van der Waals surface area contributed by atoms with E-state index in [4.69, 9.17) is 32.7 Å². The number of benzene rings is 2. The number of amides is 1. The molecule has 3 fully saturated rings. The van der Waals surface area contributed by atoms with Crippen LogP contribution in [0.25, 0.3) is 0 Å². The third kappa shape index (κ3) is 5.24. The highest BCUT2D eigenvalue weighted by atomic mass is 35.5. The Bertz CT molecular complexity index is 1220. The molecule has 2 bridgehead atoms. The first-order chi connectivity index (χ1) is 17.6. The number of carbonyl (C=O) groups excluding carboxylic acids is 2. The second-order valence-electron chi connectivity index (χ2n) is 10.5. The van der Waals surface area contributed by atoms with E-state index < -0.39 is 29.0 Å². The summed E-state index contributed by atoms with van der Waals surface area (Å²) in [7, 11) is 1.89. The highest BCUT2D eigenvalue weighted by Gasteiger charge is 2.55. The van der Waals surface area contributed by atoms with Crippen molar-refractivity contribution in [2.45, 2.75) is 56.3 Å². The number of nitrogens with zero attached hydrogens (tertiary/aromatic N) is 1. The summed E-state index contributed by atoms with van der Waals surface area (Å²) in [6, 6.07) is 9.32. The molecule has 3 saturated carbocycles. The SMILES string of the molecule is CN1CC(C(=O)NC23CCC(CC(=O)COc4ccc(Cl)c(F)c4)(CC2)[C@@H](O)C3)Oc2ccc(Cl)cc21. The van der Waals surface area contributed by atoms with Crippen LogP contribution in [-0.2, 0) is 9.59 Å². The molecule has 4 aliphatic rings. The molecule has 6 rings (SSSR count). The van der Waals surface area contributed by atoms with Crippen molar-refractivity contribution >= 4 is 40.6 Å². The monoisotopic (exact) mass is 550 g/mol. The molecular weight excluding hydrogens is 522 g/mol. The number of likely N-dealkylation sites (N-methyl/N-ethyl adjacent to an activating group) is 1. The van der Waals surface area contributed by atoms with Gasteiger partial charge in [-0.3, -0.25) is 9.59 Å². The average Bonchev–Trinajstić information content (AvgIpc) is 2.86. The molecule has 1 unspecified atom stereocenters. The second-order valence-corrected chi connectivity index (χ2v) is 11.4. The molecule has 0 saturated heterocycles. The first-order valence-corrected chi connectivity index (χ1v) is 13.1. The number of halogens is 3. The van der Waals surface area contributed by atoms with Crippen LogP contribution in [0.5, 0.6) is 11.5 Å². The van der Waals surface area contributed by atoms with E-state index in [2.05, 4.69) is 5.32 Å². The Kier molecular flexibility index (Phi) is 7.02. The minimum Gasteiger partial charge on any atom is -0.486 e. The number of ketones is 1. The van der Waals surface area contributed by atoms with Crippen molar-refractivity contribution in [2.24, 2.45) is 5.41 Å². The number of anilines is 1. The summed E-state index contributed by atoms with van der Waals surface area (Å²) < 4.78 is 25.0. The Morgan fingerprint density at radius 3 is 2.65 bits per heavy atom. The van der Waals surface area contributed by atoms with Crippen LogP contribution in [-0.4, -0.2) is 54.7 Å². The zero-order valence-electron chi connectivity index (χ0n) is 20.4. The first-order valence-electron chi connectivity index (χ1n) is 12.4. The third-order valence-electron chi connectivity index (χ3n) is 8.06. The summed E-state index contributed by atoms with van der Waals surface area (Å²) in [5.41, 5.74) is -0.237. The Morgan fingerprint density at radius 2 is 1.95 bits per heavy atom. The van der Waals surface area contributed by atoms with E-state index in [9.17, 15) is 19.1 Å². The lowest BCUT2D eigenvalue weighted by atomic mass is 9.54. The maximum absolute atomic E-state index is 13.6. The number of aliphatic hydroxyl groups is 1. The lowest BCUT2D eigenvalue weighted by molar-refractivity contribution is -0.144. The van der Waals surface area contributed by atoms with Crippen LogP contribution in [0.2, 0.25) is 10.0 Å². The van der Waals surface area contributed by atoms with Crippen LogP contribution in [0.15, 0.2) is 36.4 Å². The summed E-state index contributed by atoms with van der Waals surface area (Å²) >= 11 is 11.8. The van der Waals surface area contributed by atoms with Gasteiger partial charge in [-0.25, -0.2) is 4.39 Å². The number of ether oxygens (including phenoxy) is 2. The van der Waals surface area contributed by atoms with Gasteiger partial charge in [0.2, 0.25) is 0 Å². The number of fused-ring (bicyclic) bond motifs is 4. The second kappa shape index (κ2) is 9.97. The van der Waals surface area contributed by atoms with Gasteiger partial charge in [0.1, 0.15) is 23.9 Å². The van der Waals surface area contributed by atoms with E-state index in [0.29, 0.717) is 49.4 Å². The van der Waals surface area contributed by atoms with Gasteiger partial charge in [0.25, 0.3) is 5.91 Å². The summed E-state index contributed by atoms with van der Waals surface area (Å²) in [4.78, 5) is 27.9. The van der Waals surface area contributed by atoms with Crippen LogP contribution in [0.4, 0.5) is 10.1 Å². The lowest BCUT2D eigenvalue weighted by Gasteiger charge is -2.56. The highest BCUT2D eigenvalue weighted by molar-refractivity contribution is 6.31. The molecule has 2 N–H and O–H groups in total. The summed E-state index contributed by atoms with van der Waals surface area (Å²) in [6.45, 7) is 0.171. The van der Waals surface area contributed by atoms with Gasteiger partial charge in [0.15, 0.2) is 11.9 Å². The zero-order chi connectivity index (χ0) is 26.4. The molecule has 10 heteroatoms. The van der Waals surface area contributed by atoms with Crippen molar-refractivity contribution in [3.05, 3.63) is 52.3 Å². The normalized spacial score (nSPS) is 28.3. The molecule has 1 amide bonds. The quantitative estimate of drug-likeness (QED) is 0.525. The Hall–Kier alpha value is -2.55. The smallest absolute Gasteiger partial charge is 0.263 e. The van der Waals surface area contributed by atoms with E-state index in [1.54, 1.807) is 12.1 Å². The standard InChI is InChI=1S/C27H29Cl2FN2O5/c1-32-14-23(37-22-5-2-16(28)10-21(22)32)25(35)31-27-8-6-26(7-9-27,24(34)13-27)12-17(33)15-36-18-3-4-19(29)20(30)11-18/h2-5,10-11,23-24,34H,6-9,12-15H2,1H3,(H,31,35)/t23?,24-,26?,27?/m0/s1. The number of hydrogen-bond donors (Lipinski definition) is 2. The van der Waals surface area contributed by atoms with Crippen LogP contribution in [0.1, 0.15) is 38.5 Å². The van der Waals surface area contributed by atoms with Crippen molar-refractivity contribution in [1.29, 1.82) is 0 Å². The maximum Gasteiger partial charge on any atom is 0.263 e. The van der Waals surface area contributed by atoms with Gasteiger partial charge in [-0.05, 0) is 62.4 Å². The van der Waals surface area contributed by atoms with E-state index in [0.717, 1.165) is 11.8 Å². The number of aliphatic hydroxyl groups excluding tert-OH is 1. The Labute approximate surface area is 224 Å². The lowest BCUT2D eigenvalue weighted by Crippen LogP contribution is -2.64. The highest BCUT2D eigenvalue weighted by Crippen LogP contribution is 2.54. The van der Waals surface area contributed by atoms with Crippen molar-refractivity contribution in [2.75, 3.05) is 25.1 Å². The van der Waals surface area contributed by atoms with Gasteiger partial charge in [0.05, 0.1) is 23.4 Å². The molecule has 3 aliphatic carbocycles. The van der Waals surface area contributed by atoms with E-state index in [1.165, 1.54) is 12.1 Å². The fourth-order valence-corrected chi connectivity index (χ4v) is 6.18. The molecule has 7 nitrogen and oxygen atoms in total. The molecule has 1 aliphatic heterocycles. The number of rotatable bonds is 7. The fourth-order valence-electron chi connectivity index (χ4n) is 5.90. The molecule has 198 valence electrons. The topological polar surface area (TPSA) is 88.1 Å². The van der Waals surface area contributed by atoms with Crippen molar-refractivity contribution in [3.63, 3.8) is 0 Å². The van der Waals surface area contributed by atoms with Crippen LogP contribution < -0.4 is 19.7 Å². The predicted octanol–water partition coefficient (Wildman–Crippen LogP) is 4.55. The van der Waals surface area contributed by atoms with Crippen molar-refractivity contribution in [1.82, 2.24) is 5.32 Å². The predicted molar refractivity (Wildman–Crippen MR) is 138 cm³/mol. The maximum atomic E-state index is 13.6. The number of nitrogens with one attached hydrogen (secondary N) is 1. The van der Waals surface area contributed by atoms with Gasteiger partial charge in [-0.15, -0.1) is 0 Å². The van der Waals surface area contributed by atoms with Crippen molar-refractivity contribution < 1.29 is 28.6 Å². The van der Waals surface area contributed by atoms with E-state index in [-0.39, 0.29) is 35.5 Å². The molecular formula is C27H29Cl2FN2O5. The number of hydrogen-bond acceptors (Lipinski definition) is 6. The van der Waals surface area contributed by atoms with Crippen LogP contribution >= 0.6 is 23.2 Å². The molecule has 2 aromatic rings.